The molecule has 0 saturated heterocycles. The van der Waals surface area contributed by atoms with E-state index in [4.69, 9.17) is 0 Å². The molecule has 3 aromatic rings. The average Bonchev–Trinajstić information content (AvgIpc) is 2.56. The summed E-state index contributed by atoms with van der Waals surface area (Å²) in [7, 11) is -7.63. The second-order valence-electron chi connectivity index (χ2n) is 5.68. The number of anilines is 2. The van der Waals surface area contributed by atoms with Crippen LogP contribution in [0.1, 0.15) is 0 Å². The van der Waals surface area contributed by atoms with Crippen molar-refractivity contribution in [3.63, 3.8) is 0 Å². The fourth-order valence-corrected chi connectivity index (χ4v) is 4.06. The summed E-state index contributed by atoms with van der Waals surface area (Å²) < 4.78 is 65.8. The number of halogens is 1. The Morgan fingerprint density at radius 2 is 1.50 bits per heavy atom. The number of hydrogen-bond donors (Lipinski definition) is 2. The average molecular weight is 394 g/mol. The number of hydrogen-bond acceptors (Lipinski definition) is 4. The van der Waals surface area contributed by atoms with Gasteiger partial charge in [0.2, 0.25) is 10.0 Å². The Balaban J connectivity index is 1.94. The fourth-order valence-electron chi connectivity index (χ4n) is 2.42. The molecule has 0 spiro atoms. The maximum atomic E-state index is 13.7. The summed E-state index contributed by atoms with van der Waals surface area (Å²) in [6.45, 7) is 0. The van der Waals surface area contributed by atoms with Crippen LogP contribution >= 0.6 is 0 Å². The van der Waals surface area contributed by atoms with Crippen molar-refractivity contribution in [3.8, 4) is 0 Å². The summed E-state index contributed by atoms with van der Waals surface area (Å²) >= 11 is 0. The maximum absolute atomic E-state index is 13.7. The van der Waals surface area contributed by atoms with E-state index < -0.39 is 25.9 Å². The predicted molar refractivity (Wildman–Crippen MR) is 99.6 cm³/mol. The quantitative estimate of drug-likeness (QED) is 0.695. The number of sulfonamides is 2. The zero-order chi connectivity index (χ0) is 18.9. The fraction of sp³-hybridized carbons (Fsp3) is 0.0588. The summed E-state index contributed by atoms with van der Waals surface area (Å²) in [6.07, 6.45) is 0.873. The highest BCUT2D eigenvalue weighted by Crippen LogP contribution is 2.24. The monoisotopic (exact) mass is 394 g/mol. The van der Waals surface area contributed by atoms with Gasteiger partial charge in [-0.2, -0.15) is 0 Å². The van der Waals surface area contributed by atoms with Gasteiger partial charge < -0.3 is 0 Å². The molecule has 26 heavy (non-hydrogen) atoms. The molecule has 0 aliphatic rings. The molecule has 0 bridgehead atoms. The first-order chi connectivity index (χ1) is 12.1. The second kappa shape index (κ2) is 6.58. The van der Waals surface area contributed by atoms with E-state index in [1.54, 1.807) is 18.2 Å². The molecule has 3 rings (SSSR count). The number of nitrogens with one attached hydrogen (secondary N) is 2. The van der Waals surface area contributed by atoms with E-state index in [-0.39, 0.29) is 16.3 Å². The van der Waals surface area contributed by atoms with Crippen molar-refractivity contribution in [2.45, 2.75) is 4.90 Å². The molecule has 0 heterocycles. The van der Waals surface area contributed by atoms with Crippen molar-refractivity contribution in [1.82, 2.24) is 0 Å². The minimum absolute atomic E-state index is 0.0331. The van der Waals surface area contributed by atoms with E-state index >= 15 is 0 Å². The zero-order valence-corrected chi connectivity index (χ0v) is 15.2. The predicted octanol–water partition coefficient (Wildman–Crippen LogP) is 3.15. The third-order valence-corrected chi connectivity index (χ3v) is 5.51. The van der Waals surface area contributed by atoms with E-state index in [2.05, 4.69) is 4.72 Å². The molecular formula is C17H15FN2O4S2. The maximum Gasteiger partial charge on any atom is 0.261 e. The molecule has 0 radical (unpaired) electrons. The van der Waals surface area contributed by atoms with Crippen LogP contribution < -0.4 is 9.44 Å². The Morgan fingerprint density at radius 3 is 2.19 bits per heavy atom. The smallest absolute Gasteiger partial charge is 0.261 e. The molecule has 0 saturated carbocycles. The minimum atomic E-state index is -3.93. The number of fused-ring (bicyclic) bond motifs is 1. The second-order valence-corrected chi connectivity index (χ2v) is 9.11. The summed E-state index contributed by atoms with van der Waals surface area (Å²) in [5.74, 6) is -0.816. The van der Waals surface area contributed by atoms with Crippen molar-refractivity contribution in [3.05, 3.63) is 66.5 Å². The van der Waals surface area contributed by atoms with Gasteiger partial charge in [-0.25, -0.2) is 21.2 Å². The third kappa shape index (κ3) is 4.12. The summed E-state index contributed by atoms with van der Waals surface area (Å²) in [5, 5.41) is 1.65. The molecule has 0 fully saturated rings. The van der Waals surface area contributed by atoms with Gasteiger partial charge in [-0.15, -0.1) is 0 Å². The van der Waals surface area contributed by atoms with Crippen LogP contribution in [-0.2, 0) is 20.0 Å². The van der Waals surface area contributed by atoms with Gasteiger partial charge in [0.1, 0.15) is 5.82 Å². The van der Waals surface area contributed by atoms with Gasteiger partial charge in [0, 0.05) is 0 Å². The van der Waals surface area contributed by atoms with Gasteiger partial charge >= 0.3 is 0 Å². The zero-order valence-electron chi connectivity index (χ0n) is 13.6. The standard InChI is InChI=1S/C17H15FN2O4S2/c1-25(21,22)20-17-11-14(7-9-16(17)18)19-26(23,24)15-8-6-12-4-2-3-5-13(12)10-15/h2-11,19-20H,1H3. The molecule has 0 aliphatic heterocycles. The number of rotatable bonds is 5. The summed E-state index contributed by atoms with van der Waals surface area (Å²) in [5.41, 5.74) is -0.308. The van der Waals surface area contributed by atoms with Gasteiger partial charge in [0.15, 0.2) is 0 Å². The topological polar surface area (TPSA) is 92.3 Å². The Kier molecular flexibility index (Phi) is 4.59. The first kappa shape index (κ1) is 18.2. The van der Waals surface area contributed by atoms with Crippen LogP contribution in [-0.4, -0.2) is 23.1 Å². The SMILES string of the molecule is CS(=O)(=O)Nc1cc(NS(=O)(=O)c2ccc3ccccc3c2)ccc1F. The molecule has 6 nitrogen and oxygen atoms in total. The number of benzene rings is 3. The van der Waals surface area contributed by atoms with Gasteiger partial charge in [0.05, 0.1) is 22.5 Å². The Hall–Kier alpha value is -2.65. The van der Waals surface area contributed by atoms with Crippen LogP contribution in [0.15, 0.2) is 65.6 Å². The van der Waals surface area contributed by atoms with Crippen molar-refractivity contribution < 1.29 is 21.2 Å². The molecule has 0 aromatic heterocycles. The van der Waals surface area contributed by atoms with Crippen molar-refractivity contribution in [2.75, 3.05) is 15.7 Å². The molecule has 0 amide bonds. The summed E-state index contributed by atoms with van der Waals surface area (Å²) in [4.78, 5) is 0.0400. The first-order valence-corrected chi connectivity index (χ1v) is 10.8. The lowest BCUT2D eigenvalue weighted by molar-refractivity contribution is 0.601. The molecule has 9 heteroatoms. The van der Waals surface area contributed by atoms with E-state index in [9.17, 15) is 21.2 Å². The molecular weight excluding hydrogens is 379 g/mol. The van der Waals surface area contributed by atoms with Crippen LogP contribution in [0, 0.1) is 5.82 Å². The Labute approximate surface area is 150 Å². The van der Waals surface area contributed by atoms with E-state index in [1.807, 2.05) is 16.9 Å². The summed E-state index contributed by atoms with van der Waals surface area (Å²) in [6, 6.07) is 15.2. The highest BCUT2D eigenvalue weighted by molar-refractivity contribution is 7.92. The van der Waals surface area contributed by atoms with Crippen LogP contribution in [0.3, 0.4) is 0 Å². The molecule has 136 valence electrons. The van der Waals surface area contributed by atoms with Crippen LogP contribution in [0.25, 0.3) is 10.8 Å². The van der Waals surface area contributed by atoms with E-state index in [0.29, 0.717) is 0 Å². The molecule has 3 aromatic carbocycles. The van der Waals surface area contributed by atoms with Crippen LogP contribution in [0.5, 0.6) is 0 Å². The highest BCUT2D eigenvalue weighted by atomic mass is 32.2. The highest BCUT2D eigenvalue weighted by Gasteiger charge is 2.16. The third-order valence-electron chi connectivity index (χ3n) is 3.55. The van der Waals surface area contributed by atoms with Gasteiger partial charge in [-0.1, -0.05) is 30.3 Å². The minimum Gasteiger partial charge on any atom is -0.281 e. The normalized spacial score (nSPS) is 12.1. The van der Waals surface area contributed by atoms with Crippen molar-refractivity contribution in [1.29, 1.82) is 0 Å². The van der Waals surface area contributed by atoms with E-state index in [0.717, 1.165) is 29.2 Å². The van der Waals surface area contributed by atoms with Gasteiger partial charge in [-0.05, 0) is 41.1 Å². The lowest BCUT2D eigenvalue weighted by atomic mass is 10.1. The molecule has 0 unspecified atom stereocenters. The molecule has 2 N–H and O–H groups in total. The van der Waals surface area contributed by atoms with Crippen molar-refractivity contribution in [2.24, 2.45) is 0 Å². The Bertz CT molecular complexity index is 1190. The molecule has 0 atom stereocenters. The van der Waals surface area contributed by atoms with Gasteiger partial charge in [-0.3, -0.25) is 9.44 Å². The van der Waals surface area contributed by atoms with Crippen LogP contribution in [0.4, 0.5) is 15.8 Å². The largest absolute Gasteiger partial charge is 0.281 e. The molecule has 0 aliphatic carbocycles. The van der Waals surface area contributed by atoms with Crippen LogP contribution in [0.2, 0.25) is 0 Å². The Morgan fingerprint density at radius 1 is 0.808 bits per heavy atom. The van der Waals surface area contributed by atoms with E-state index in [1.165, 1.54) is 18.2 Å². The lowest BCUT2D eigenvalue weighted by Gasteiger charge is -2.11. The lowest BCUT2D eigenvalue weighted by Crippen LogP contribution is -2.14. The van der Waals surface area contributed by atoms with Crippen molar-refractivity contribution >= 4 is 42.2 Å². The first-order valence-electron chi connectivity index (χ1n) is 7.43. The van der Waals surface area contributed by atoms with Gasteiger partial charge in [0.25, 0.3) is 10.0 Å².